The van der Waals surface area contributed by atoms with Gasteiger partial charge in [0.25, 0.3) is 5.91 Å². The number of esters is 1. The summed E-state index contributed by atoms with van der Waals surface area (Å²) >= 11 is 0. The summed E-state index contributed by atoms with van der Waals surface area (Å²) < 4.78 is 30.5. The lowest BCUT2D eigenvalue weighted by atomic mass is 10.1. The fraction of sp³-hybridized carbons (Fsp3) is 0.273. The normalized spacial score (nSPS) is 11.8. The number of carbonyl (C=O) groups is 2. The molecule has 0 aromatic heterocycles. The second-order valence-corrected chi connectivity index (χ2v) is 3.33. The number of ether oxygens (including phenoxy) is 1. The van der Waals surface area contributed by atoms with E-state index in [0.717, 1.165) is 25.3 Å². The zero-order valence-electron chi connectivity index (χ0n) is 9.44. The van der Waals surface area contributed by atoms with Crippen molar-refractivity contribution in [1.82, 2.24) is 5.32 Å². The molecule has 1 aromatic carbocycles. The average Bonchev–Trinajstić information content (AvgIpc) is 2.37. The lowest BCUT2D eigenvalue weighted by Crippen LogP contribution is -2.44. The maximum absolute atomic E-state index is 13.3. The van der Waals surface area contributed by atoms with Crippen LogP contribution >= 0.6 is 0 Å². The van der Waals surface area contributed by atoms with Gasteiger partial charge in [0, 0.05) is 0 Å². The number of aliphatic hydroxyl groups excluding tert-OH is 1. The molecule has 0 fully saturated rings. The quantitative estimate of drug-likeness (QED) is 0.759. The number of nitrogens with one attached hydrogen (secondary N) is 1. The molecule has 18 heavy (non-hydrogen) atoms. The van der Waals surface area contributed by atoms with Gasteiger partial charge < -0.3 is 15.2 Å². The van der Waals surface area contributed by atoms with Crippen molar-refractivity contribution >= 4 is 11.9 Å². The lowest BCUT2D eigenvalue weighted by molar-refractivity contribution is -0.143. The first-order chi connectivity index (χ1) is 8.51. The molecule has 0 aliphatic rings. The molecule has 2 N–H and O–H groups in total. The Morgan fingerprint density at radius 2 is 2.11 bits per heavy atom. The highest BCUT2D eigenvalue weighted by atomic mass is 19.2. The minimum atomic E-state index is -1.33. The van der Waals surface area contributed by atoms with Crippen molar-refractivity contribution in [2.24, 2.45) is 0 Å². The third-order valence-electron chi connectivity index (χ3n) is 2.17. The molecule has 0 heterocycles. The summed E-state index contributed by atoms with van der Waals surface area (Å²) in [5.74, 6) is -4.41. The van der Waals surface area contributed by atoms with Crippen LogP contribution in [0.15, 0.2) is 18.2 Å². The summed E-state index contributed by atoms with van der Waals surface area (Å²) in [4.78, 5) is 22.7. The molecule has 98 valence electrons. The first kappa shape index (κ1) is 14.0. The molecular formula is C11H11F2NO4. The number of hydrogen-bond acceptors (Lipinski definition) is 4. The molecule has 1 rings (SSSR count). The summed E-state index contributed by atoms with van der Waals surface area (Å²) in [6, 6.07) is 1.74. The largest absolute Gasteiger partial charge is 0.467 e. The molecule has 0 radical (unpaired) electrons. The standard InChI is InChI=1S/C11H11F2NO4/c1-18-11(17)8(5-15)14-10(16)6-3-2-4-7(12)9(6)13/h2-4,8,15H,5H2,1H3,(H,14,16). The summed E-state index contributed by atoms with van der Waals surface area (Å²) in [6.45, 7) is -0.713. The van der Waals surface area contributed by atoms with Crippen LogP contribution in [-0.2, 0) is 9.53 Å². The first-order valence-corrected chi connectivity index (χ1v) is 4.94. The molecular weight excluding hydrogens is 248 g/mol. The van der Waals surface area contributed by atoms with E-state index < -0.39 is 41.7 Å². The van der Waals surface area contributed by atoms with E-state index in [1.54, 1.807) is 0 Å². The van der Waals surface area contributed by atoms with Crippen LogP contribution in [0.2, 0.25) is 0 Å². The van der Waals surface area contributed by atoms with Crippen LogP contribution in [0.25, 0.3) is 0 Å². The SMILES string of the molecule is COC(=O)C(CO)NC(=O)c1cccc(F)c1F. The smallest absolute Gasteiger partial charge is 0.330 e. The first-order valence-electron chi connectivity index (χ1n) is 4.94. The Balaban J connectivity index is 2.88. The van der Waals surface area contributed by atoms with E-state index in [2.05, 4.69) is 4.74 Å². The number of aliphatic hydroxyl groups is 1. The van der Waals surface area contributed by atoms with Crippen LogP contribution in [0.1, 0.15) is 10.4 Å². The Kier molecular flexibility index (Phi) is 4.73. The second-order valence-electron chi connectivity index (χ2n) is 3.33. The molecule has 1 amide bonds. The van der Waals surface area contributed by atoms with Gasteiger partial charge in [0.05, 0.1) is 19.3 Å². The van der Waals surface area contributed by atoms with Gasteiger partial charge in [-0.15, -0.1) is 0 Å². The molecule has 1 unspecified atom stereocenters. The van der Waals surface area contributed by atoms with Crippen LogP contribution in [0, 0.1) is 11.6 Å². The average molecular weight is 259 g/mol. The van der Waals surface area contributed by atoms with Crippen LogP contribution in [-0.4, -0.2) is 36.7 Å². The number of carbonyl (C=O) groups excluding carboxylic acids is 2. The zero-order chi connectivity index (χ0) is 13.7. The van der Waals surface area contributed by atoms with Gasteiger partial charge >= 0.3 is 5.97 Å². The van der Waals surface area contributed by atoms with Crippen molar-refractivity contribution in [3.05, 3.63) is 35.4 Å². The Morgan fingerprint density at radius 3 is 2.67 bits per heavy atom. The number of rotatable bonds is 4. The summed E-state index contributed by atoms with van der Waals surface area (Å²) in [6.07, 6.45) is 0. The Hall–Kier alpha value is -2.02. The molecule has 1 atom stereocenters. The predicted octanol–water partition coefficient (Wildman–Crippen LogP) is 0.228. The monoisotopic (exact) mass is 259 g/mol. The van der Waals surface area contributed by atoms with Gasteiger partial charge in [-0.05, 0) is 12.1 Å². The van der Waals surface area contributed by atoms with Gasteiger partial charge in [0.1, 0.15) is 0 Å². The third-order valence-corrected chi connectivity index (χ3v) is 2.17. The van der Waals surface area contributed by atoms with Crippen molar-refractivity contribution in [3.63, 3.8) is 0 Å². The number of hydrogen-bond donors (Lipinski definition) is 2. The molecule has 0 bridgehead atoms. The molecule has 0 aliphatic carbocycles. The fourth-order valence-corrected chi connectivity index (χ4v) is 1.24. The van der Waals surface area contributed by atoms with Crippen molar-refractivity contribution < 1.29 is 28.2 Å². The molecule has 7 heteroatoms. The van der Waals surface area contributed by atoms with Gasteiger partial charge in [-0.1, -0.05) is 6.07 Å². The van der Waals surface area contributed by atoms with Gasteiger partial charge in [-0.25, -0.2) is 13.6 Å². The lowest BCUT2D eigenvalue weighted by Gasteiger charge is -2.14. The van der Waals surface area contributed by atoms with E-state index in [1.165, 1.54) is 0 Å². The molecule has 0 saturated carbocycles. The van der Waals surface area contributed by atoms with Gasteiger partial charge in [0.15, 0.2) is 17.7 Å². The van der Waals surface area contributed by atoms with Gasteiger partial charge in [-0.2, -0.15) is 0 Å². The van der Waals surface area contributed by atoms with E-state index in [9.17, 15) is 18.4 Å². The van der Waals surface area contributed by atoms with Crippen LogP contribution in [0.4, 0.5) is 8.78 Å². The molecule has 0 aliphatic heterocycles. The van der Waals surface area contributed by atoms with Crippen LogP contribution in [0.3, 0.4) is 0 Å². The second kappa shape index (κ2) is 6.06. The van der Waals surface area contributed by atoms with Crippen molar-refractivity contribution in [2.45, 2.75) is 6.04 Å². The Morgan fingerprint density at radius 1 is 1.44 bits per heavy atom. The Bertz CT molecular complexity index is 464. The highest BCUT2D eigenvalue weighted by Crippen LogP contribution is 2.11. The van der Waals surface area contributed by atoms with E-state index in [0.29, 0.717) is 0 Å². The third kappa shape index (κ3) is 3.01. The van der Waals surface area contributed by atoms with E-state index in [4.69, 9.17) is 5.11 Å². The van der Waals surface area contributed by atoms with Crippen LogP contribution < -0.4 is 5.32 Å². The molecule has 5 nitrogen and oxygen atoms in total. The number of benzene rings is 1. The number of halogens is 2. The maximum Gasteiger partial charge on any atom is 0.330 e. The van der Waals surface area contributed by atoms with E-state index >= 15 is 0 Å². The maximum atomic E-state index is 13.3. The number of methoxy groups -OCH3 is 1. The minimum Gasteiger partial charge on any atom is -0.467 e. The molecule has 1 aromatic rings. The highest BCUT2D eigenvalue weighted by Gasteiger charge is 2.23. The number of amides is 1. The van der Waals surface area contributed by atoms with Crippen molar-refractivity contribution in [2.75, 3.05) is 13.7 Å². The molecule has 0 saturated heterocycles. The van der Waals surface area contributed by atoms with Crippen molar-refractivity contribution in [1.29, 1.82) is 0 Å². The predicted molar refractivity (Wildman–Crippen MR) is 56.7 cm³/mol. The highest BCUT2D eigenvalue weighted by molar-refractivity contribution is 5.97. The summed E-state index contributed by atoms with van der Waals surface area (Å²) in [7, 11) is 1.07. The zero-order valence-corrected chi connectivity index (χ0v) is 9.44. The molecule has 0 spiro atoms. The van der Waals surface area contributed by atoms with E-state index in [-0.39, 0.29) is 0 Å². The summed E-state index contributed by atoms with van der Waals surface area (Å²) in [5.41, 5.74) is -0.558. The van der Waals surface area contributed by atoms with Gasteiger partial charge in [0.2, 0.25) is 0 Å². The van der Waals surface area contributed by atoms with E-state index in [1.807, 2.05) is 5.32 Å². The minimum absolute atomic E-state index is 0.558. The fourth-order valence-electron chi connectivity index (χ4n) is 1.24. The van der Waals surface area contributed by atoms with Crippen molar-refractivity contribution in [3.8, 4) is 0 Å². The van der Waals surface area contributed by atoms with Gasteiger partial charge in [-0.3, -0.25) is 4.79 Å². The summed E-state index contributed by atoms with van der Waals surface area (Å²) in [5, 5.41) is 10.9. The topological polar surface area (TPSA) is 75.6 Å². The Labute approximate surface area is 101 Å². The van der Waals surface area contributed by atoms with Crippen LogP contribution in [0.5, 0.6) is 0 Å².